The van der Waals surface area contributed by atoms with Gasteiger partial charge in [0.2, 0.25) is 5.91 Å². The number of nitrogens with one attached hydrogen (secondary N) is 1. The van der Waals surface area contributed by atoms with Gasteiger partial charge in [-0.05, 0) is 44.6 Å². The van der Waals surface area contributed by atoms with Crippen LogP contribution in [0, 0.1) is 5.92 Å². The van der Waals surface area contributed by atoms with Gasteiger partial charge in [-0.3, -0.25) is 4.79 Å². The minimum atomic E-state index is 0.286. The molecule has 0 radical (unpaired) electrons. The zero-order chi connectivity index (χ0) is 16.8. The Labute approximate surface area is 146 Å². The summed E-state index contributed by atoms with van der Waals surface area (Å²) in [5.74, 6) is 0.610. The van der Waals surface area contributed by atoms with Gasteiger partial charge in [0.25, 0.3) is 0 Å². The number of hydrogen-bond donors (Lipinski definition) is 1. The van der Waals surface area contributed by atoms with Crippen LogP contribution >= 0.6 is 0 Å². The summed E-state index contributed by atoms with van der Waals surface area (Å²) < 4.78 is 0. The van der Waals surface area contributed by atoms with Gasteiger partial charge in [0.1, 0.15) is 0 Å². The molecule has 1 aliphatic carbocycles. The summed E-state index contributed by atoms with van der Waals surface area (Å²) in [6, 6.07) is 11.7. The standard InChI is InChI=1S/C21H32N2O/c1-17(16-18-8-4-2-5-9-18)23-14-12-20(13-15-23)22-21(24)19-10-6-3-7-11-19/h2,4-5,8-9,17,19-20H,3,6-7,10-16H2,1H3,(H,22,24)/t17-/m0/s1. The third-order valence-corrected chi connectivity index (χ3v) is 5.85. The number of carbonyl (C=O) groups is 1. The second kappa shape index (κ2) is 8.66. The Bertz CT molecular complexity index is 502. The van der Waals surface area contributed by atoms with Crippen LogP contribution in [-0.2, 0) is 11.2 Å². The summed E-state index contributed by atoms with van der Waals surface area (Å²) in [6.07, 6.45) is 9.26. The third kappa shape index (κ3) is 4.83. The monoisotopic (exact) mass is 328 g/mol. The molecule has 0 unspecified atom stereocenters. The molecule has 1 saturated heterocycles. The smallest absolute Gasteiger partial charge is 0.223 e. The number of benzene rings is 1. The molecule has 132 valence electrons. The average molecular weight is 329 g/mol. The fourth-order valence-corrected chi connectivity index (χ4v) is 4.25. The Balaban J connectivity index is 1.41. The molecule has 0 aromatic heterocycles. The van der Waals surface area contributed by atoms with Gasteiger partial charge in [-0.2, -0.15) is 0 Å². The zero-order valence-electron chi connectivity index (χ0n) is 15.0. The molecule has 1 amide bonds. The Morgan fingerprint density at radius 1 is 1.08 bits per heavy atom. The molecule has 3 nitrogen and oxygen atoms in total. The fraction of sp³-hybridized carbons (Fsp3) is 0.667. The lowest BCUT2D eigenvalue weighted by molar-refractivity contribution is -0.127. The average Bonchev–Trinajstić information content (AvgIpc) is 2.64. The van der Waals surface area contributed by atoms with Gasteiger partial charge in [0, 0.05) is 31.1 Å². The number of rotatable bonds is 5. The summed E-state index contributed by atoms with van der Waals surface area (Å²) >= 11 is 0. The summed E-state index contributed by atoms with van der Waals surface area (Å²) in [5, 5.41) is 3.33. The number of nitrogens with zero attached hydrogens (tertiary/aromatic N) is 1. The Morgan fingerprint density at radius 2 is 1.75 bits per heavy atom. The second-order valence-electron chi connectivity index (χ2n) is 7.69. The van der Waals surface area contributed by atoms with Gasteiger partial charge in [0.15, 0.2) is 0 Å². The third-order valence-electron chi connectivity index (χ3n) is 5.85. The molecule has 3 rings (SSSR count). The molecule has 24 heavy (non-hydrogen) atoms. The number of carbonyl (C=O) groups excluding carboxylic acids is 1. The minimum absolute atomic E-state index is 0.286. The van der Waals surface area contributed by atoms with E-state index in [9.17, 15) is 4.79 Å². The molecule has 1 aromatic carbocycles. The molecular formula is C21H32N2O. The van der Waals surface area contributed by atoms with E-state index in [0.29, 0.717) is 18.0 Å². The summed E-state index contributed by atoms with van der Waals surface area (Å²) in [7, 11) is 0. The van der Waals surface area contributed by atoms with E-state index in [0.717, 1.165) is 45.2 Å². The molecule has 0 bridgehead atoms. The number of likely N-dealkylation sites (tertiary alicyclic amines) is 1. The van der Waals surface area contributed by atoms with E-state index in [1.165, 1.54) is 24.8 Å². The lowest BCUT2D eigenvalue weighted by Gasteiger charge is -2.37. The van der Waals surface area contributed by atoms with Crippen LogP contribution in [0.2, 0.25) is 0 Å². The molecular weight excluding hydrogens is 296 g/mol. The van der Waals surface area contributed by atoms with E-state index in [1.807, 2.05) is 0 Å². The number of hydrogen-bond acceptors (Lipinski definition) is 2. The van der Waals surface area contributed by atoms with Gasteiger partial charge in [0.05, 0.1) is 0 Å². The lowest BCUT2D eigenvalue weighted by Crippen LogP contribution is -2.49. The van der Waals surface area contributed by atoms with E-state index >= 15 is 0 Å². The molecule has 2 fully saturated rings. The second-order valence-corrected chi connectivity index (χ2v) is 7.69. The van der Waals surface area contributed by atoms with Crippen molar-refractivity contribution in [2.45, 2.75) is 70.4 Å². The molecule has 1 saturated carbocycles. The number of amides is 1. The first kappa shape index (κ1) is 17.5. The summed E-state index contributed by atoms with van der Waals surface area (Å²) in [5.41, 5.74) is 1.41. The minimum Gasteiger partial charge on any atom is -0.353 e. The first-order valence-electron chi connectivity index (χ1n) is 9.80. The lowest BCUT2D eigenvalue weighted by atomic mass is 9.88. The molecule has 1 aliphatic heterocycles. The van der Waals surface area contributed by atoms with Crippen molar-refractivity contribution in [3.63, 3.8) is 0 Å². The Morgan fingerprint density at radius 3 is 2.42 bits per heavy atom. The van der Waals surface area contributed by atoms with E-state index in [4.69, 9.17) is 0 Å². The first-order chi connectivity index (χ1) is 11.7. The topological polar surface area (TPSA) is 32.3 Å². The highest BCUT2D eigenvalue weighted by Crippen LogP contribution is 2.24. The summed E-state index contributed by atoms with van der Waals surface area (Å²) in [4.78, 5) is 15.0. The molecule has 2 aliphatic rings. The first-order valence-corrected chi connectivity index (χ1v) is 9.80. The van der Waals surface area contributed by atoms with Crippen molar-refractivity contribution in [1.82, 2.24) is 10.2 Å². The molecule has 1 aromatic rings. The van der Waals surface area contributed by atoms with E-state index < -0.39 is 0 Å². The fourth-order valence-electron chi connectivity index (χ4n) is 4.25. The largest absolute Gasteiger partial charge is 0.353 e. The van der Waals surface area contributed by atoms with E-state index in [1.54, 1.807) is 0 Å². The van der Waals surface area contributed by atoms with Gasteiger partial charge < -0.3 is 10.2 Å². The SMILES string of the molecule is C[C@@H](Cc1ccccc1)N1CCC(NC(=O)C2CCCCC2)CC1. The van der Waals surface area contributed by atoms with Crippen LogP contribution < -0.4 is 5.32 Å². The van der Waals surface area contributed by atoms with Crippen LogP contribution in [0.5, 0.6) is 0 Å². The summed E-state index contributed by atoms with van der Waals surface area (Å²) in [6.45, 7) is 4.53. The van der Waals surface area contributed by atoms with Crippen molar-refractivity contribution in [3.05, 3.63) is 35.9 Å². The molecule has 1 N–H and O–H groups in total. The van der Waals surface area contributed by atoms with Crippen LogP contribution in [0.25, 0.3) is 0 Å². The van der Waals surface area contributed by atoms with Crippen LogP contribution in [-0.4, -0.2) is 36.0 Å². The normalized spacial score (nSPS) is 22.2. The maximum Gasteiger partial charge on any atom is 0.223 e. The van der Waals surface area contributed by atoms with Crippen LogP contribution in [0.4, 0.5) is 0 Å². The van der Waals surface area contributed by atoms with Crippen molar-refractivity contribution in [2.24, 2.45) is 5.92 Å². The highest BCUT2D eigenvalue weighted by atomic mass is 16.1. The van der Waals surface area contributed by atoms with Crippen molar-refractivity contribution in [1.29, 1.82) is 0 Å². The van der Waals surface area contributed by atoms with Crippen molar-refractivity contribution >= 4 is 5.91 Å². The predicted molar refractivity (Wildman–Crippen MR) is 98.9 cm³/mol. The maximum absolute atomic E-state index is 12.4. The van der Waals surface area contributed by atoms with Gasteiger partial charge in [-0.25, -0.2) is 0 Å². The highest BCUT2D eigenvalue weighted by molar-refractivity contribution is 5.79. The van der Waals surface area contributed by atoms with Gasteiger partial charge in [-0.1, -0.05) is 49.6 Å². The Hall–Kier alpha value is -1.35. The maximum atomic E-state index is 12.4. The molecule has 1 heterocycles. The van der Waals surface area contributed by atoms with E-state index in [-0.39, 0.29) is 5.92 Å². The molecule has 3 heteroatoms. The van der Waals surface area contributed by atoms with E-state index in [2.05, 4.69) is 47.5 Å². The van der Waals surface area contributed by atoms with Crippen LogP contribution in [0.3, 0.4) is 0 Å². The number of piperidine rings is 1. The van der Waals surface area contributed by atoms with Crippen LogP contribution in [0.15, 0.2) is 30.3 Å². The quantitative estimate of drug-likeness (QED) is 0.892. The van der Waals surface area contributed by atoms with Crippen LogP contribution in [0.1, 0.15) is 57.4 Å². The predicted octanol–water partition coefficient (Wildman–Crippen LogP) is 3.78. The van der Waals surface area contributed by atoms with Gasteiger partial charge in [-0.15, -0.1) is 0 Å². The highest BCUT2D eigenvalue weighted by Gasteiger charge is 2.27. The van der Waals surface area contributed by atoms with Gasteiger partial charge >= 0.3 is 0 Å². The Kier molecular flexibility index (Phi) is 6.30. The van der Waals surface area contributed by atoms with Crippen molar-refractivity contribution in [2.75, 3.05) is 13.1 Å². The zero-order valence-corrected chi connectivity index (χ0v) is 15.0. The van der Waals surface area contributed by atoms with Crippen molar-refractivity contribution in [3.8, 4) is 0 Å². The molecule has 0 spiro atoms. The van der Waals surface area contributed by atoms with Crippen molar-refractivity contribution < 1.29 is 4.79 Å². The molecule has 1 atom stereocenters.